The Kier molecular flexibility index (Phi) is 5.32. The van der Waals surface area contributed by atoms with Crippen LogP contribution in [0.1, 0.15) is 24.9 Å². The number of nitrogens with one attached hydrogen (secondary N) is 1. The number of aromatic nitrogens is 4. The van der Waals surface area contributed by atoms with Crippen LogP contribution in [0, 0.1) is 6.92 Å². The Morgan fingerprint density at radius 2 is 2.15 bits per heavy atom. The first-order valence-electron chi connectivity index (χ1n) is 8.37. The summed E-state index contributed by atoms with van der Waals surface area (Å²) in [5.74, 6) is 0.532. The number of fused-ring (bicyclic) bond motifs is 1. The van der Waals surface area contributed by atoms with Crippen molar-refractivity contribution >= 4 is 22.9 Å². The molecule has 7 N–H and O–H groups in total. The maximum Gasteiger partial charge on any atom is 0.233 e. The number of amides is 1. The fourth-order valence-electron chi connectivity index (χ4n) is 3.12. The van der Waals surface area contributed by atoms with E-state index in [0.717, 1.165) is 0 Å². The summed E-state index contributed by atoms with van der Waals surface area (Å²) in [5, 5.41) is 23.4. The Morgan fingerprint density at radius 3 is 2.88 bits per heavy atom. The second kappa shape index (κ2) is 7.50. The molecule has 0 aliphatic carbocycles. The summed E-state index contributed by atoms with van der Waals surface area (Å²) in [6.45, 7) is 2.08. The van der Waals surface area contributed by atoms with Gasteiger partial charge in [0, 0.05) is 6.54 Å². The molecule has 3 heterocycles. The summed E-state index contributed by atoms with van der Waals surface area (Å²) in [4.78, 5) is 23.5. The molecule has 142 valence electrons. The molecule has 2 aromatic rings. The van der Waals surface area contributed by atoms with Crippen molar-refractivity contribution in [1.82, 2.24) is 24.8 Å². The topological polar surface area (TPSA) is 174 Å². The van der Waals surface area contributed by atoms with Gasteiger partial charge in [0.15, 0.2) is 23.2 Å². The van der Waals surface area contributed by atoms with Gasteiger partial charge in [-0.3, -0.25) is 9.36 Å². The highest BCUT2D eigenvalue weighted by molar-refractivity contribution is 5.81. The van der Waals surface area contributed by atoms with Gasteiger partial charge in [0.1, 0.15) is 24.4 Å². The molecule has 11 heteroatoms. The summed E-state index contributed by atoms with van der Waals surface area (Å²) in [5.41, 5.74) is 11.9. The van der Waals surface area contributed by atoms with Gasteiger partial charge in [0.2, 0.25) is 5.91 Å². The van der Waals surface area contributed by atoms with Crippen molar-refractivity contribution in [1.29, 1.82) is 0 Å². The predicted octanol–water partition coefficient (Wildman–Crippen LogP) is -1.81. The molecule has 0 bridgehead atoms. The van der Waals surface area contributed by atoms with Crippen LogP contribution in [-0.2, 0) is 9.53 Å². The van der Waals surface area contributed by atoms with Crippen LogP contribution >= 0.6 is 0 Å². The fraction of sp³-hybridized carbons (Fsp3) is 0.600. The average molecular weight is 365 g/mol. The van der Waals surface area contributed by atoms with Gasteiger partial charge in [-0.2, -0.15) is 0 Å². The lowest BCUT2D eigenvalue weighted by atomic mass is 10.1. The first-order chi connectivity index (χ1) is 12.4. The molecule has 0 aromatic carbocycles. The van der Waals surface area contributed by atoms with Crippen molar-refractivity contribution in [3.05, 3.63) is 12.2 Å². The Hall–Kier alpha value is -2.34. The maximum absolute atomic E-state index is 11.1. The molecule has 11 nitrogen and oxygen atoms in total. The lowest BCUT2D eigenvalue weighted by Crippen LogP contribution is -2.33. The number of aryl methyl sites for hydroxylation is 1. The highest BCUT2D eigenvalue weighted by Gasteiger charge is 2.44. The minimum atomic E-state index is -1.15. The van der Waals surface area contributed by atoms with Crippen LogP contribution in [0.25, 0.3) is 11.2 Å². The van der Waals surface area contributed by atoms with Crippen LogP contribution in [0.4, 0.5) is 5.82 Å². The molecule has 0 saturated carbocycles. The molecule has 1 aliphatic heterocycles. The van der Waals surface area contributed by atoms with Gasteiger partial charge in [-0.05, 0) is 19.8 Å². The van der Waals surface area contributed by atoms with E-state index in [-0.39, 0.29) is 18.3 Å². The minimum absolute atomic E-state index is 0.0681. The van der Waals surface area contributed by atoms with Crippen molar-refractivity contribution in [3.8, 4) is 0 Å². The highest BCUT2D eigenvalue weighted by atomic mass is 16.6. The quantitative estimate of drug-likeness (QED) is 0.369. The number of carbonyl (C=O) groups is 1. The standard InChI is InChI=1S/C15H23N7O4/c1-7-21-10-13(17)19-6-20-14(10)22(7)15-12(25)11(24)8(26-15)3-2-4-18-9(23)5-16/h6,8,11-12,15,24-25H,2-5,16H2,1H3,(H,18,23)(H2,17,19,20)/t8-,11-,12-,15-/m1/s1. The number of nitrogens with two attached hydrogens (primary N) is 2. The normalized spacial score (nSPS) is 25.7. The zero-order chi connectivity index (χ0) is 18.8. The van der Waals surface area contributed by atoms with E-state index in [1.165, 1.54) is 6.33 Å². The molecule has 4 atom stereocenters. The van der Waals surface area contributed by atoms with Gasteiger partial charge in [-0.15, -0.1) is 0 Å². The molecular weight excluding hydrogens is 342 g/mol. The second-order valence-corrected chi connectivity index (χ2v) is 6.20. The molecule has 26 heavy (non-hydrogen) atoms. The molecule has 0 spiro atoms. The van der Waals surface area contributed by atoms with E-state index in [1.807, 2.05) is 0 Å². The number of hydrogen-bond donors (Lipinski definition) is 5. The summed E-state index contributed by atoms with van der Waals surface area (Å²) < 4.78 is 7.49. The van der Waals surface area contributed by atoms with Crippen LogP contribution in [-0.4, -0.2) is 67.0 Å². The highest BCUT2D eigenvalue weighted by Crippen LogP contribution is 2.34. The monoisotopic (exact) mass is 365 g/mol. The van der Waals surface area contributed by atoms with Crippen molar-refractivity contribution in [2.75, 3.05) is 18.8 Å². The number of nitrogens with zero attached hydrogens (tertiary/aromatic N) is 4. The summed E-state index contributed by atoms with van der Waals surface area (Å²) in [7, 11) is 0. The van der Waals surface area contributed by atoms with Crippen molar-refractivity contribution in [2.45, 2.75) is 44.3 Å². The lowest BCUT2D eigenvalue weighted by molar-refractivity contribution is -0.119. The fourth-order valence-corrected chi connectivity index (χ4v) is 3.12. The Balaban J connectivity index is 1.73. The van der Waals surface area contributed by atoms with E-state index in [2.05, 4.69) is 20.3 Å². The molecule has 0 unspecified atom stereocenters. The van der Waals surface area contributed by atoms with Crippen molar-refractivity contribution in [3.63, 3.8) is 0 Å². The largest absolute Gasteiger partial charge is 0.388 e. The summed E-state index contributed by atoms with van der Waals surface area (Å²) in [6, 6.07) is 0. The van der Waals surface area contributed by atoms with Crippen LogP contribution < -0.4 is 16.8 Å². The number of carbonyl (C=O) groups excluding carboxylic acids is 1. The Morgan fingerprint density at radius 1 is 1.38 bits per heavy atom. The molecule has 3 rings (SSSR count). The molecule has 2 aromatic heterocycles. The first-order valence-corrected chi connectivity index (χ1v) is 8.37. The third-order valence-electron chi connectivity index (χ3n) is 4.45. The number of aliphatic hydroxyl groups excluding tert-OH is 2. The number of rotatable bonds is 6. The first kappa shape index (κ1) is 18.5. The van der Waals surface area contributed by atoms with Crippen LogP contribution in [0.3, 0.4) is 0 Å². The lowest BCUT2D eigenvalue weighted by Gasteiger charge is -2.18. The van der Waals surface area contributed by atoms with Gasteiger partial charge in [0.25, 0.3) is 0 Å². The third-order valence-corrected chi connectivity index (χ3v) is 4.45. The van der Waals surface area contributed by atoms with E-state index in [4.69, 9.17) is 16.2 Å². The van der Waals surface area contributed by atoms with E-state index < -0.39 is 24.5 Å². The predicted molar refractivity (Wildman–Crippen MR) is 91.7 cm³/mol. The van der Waals surface area contributed by atoms with E-state index in [9.17, 15) is 15.0 Å². The number of hydrogen-bond acceptors (Lipinski definition) is 9. The number of ether oxygens (including phenoxy) is 1. The smallest absolute Gasteiger partial charge is 0.233 e. The molecule has 1 amide bonds. The SMILES string of the molecule is Cc1nc2c(N)ncnc2n1[C@@H]1O[C@H](CCCNC(=O)CN)[C@@H](O)[C@H]1O. The molecule has 1 fully saturated rings. The molecule has 1 saturated heterocycles. The molecule has 0 radical (unpaired) electrons. The third kappa shape index (κ3) is 3.33. The van der Waals surface area contributed by atoms with Gasteiger partial charge < -0.3 is 31.7 Å². The van der Waals surface area contributed by atoms with Crippen molar-refractivity contribution in [2.24, 2.45) is 5.73 Å². The van der Waals surface area contributed by atoms with E-state index in [1.54, 1.807) is 11.5 Å². The van der Waals surface area contributed by atoms with E-state index >= 15 is 0 Å². The van der Waals surface area contributed by atoms with Crippen molar-refractivity contribution < 1.29 is 19.7 Å². The summed E-state index contributed by atoms with van der Waals surface area (Å²) in [6.07, 6.45) is -1.29. The second-order valence-electron chi connectivity index (χ2n) is 6.20. The van der Waals surface area contributed by atoms with Gasteiger partial charge in [0.05, 0.1) is 12.6 Å². The number of aliphatic hydroxyl groups is 2. The van der Waals surface area contributed by atoms with Crippen LogP contribution in [0.15, 0.2) is 6.33 Å². The Bertz CT molecular complexity index is 796. The maximum atomic E-state index is 11.1. The average Bonchev–Trinajstić information content (AvgIpc) is 3.10. The summed E-state index contributed by atoms with van der Waals surface area (Å²) >= 11 is 0. The van der Waals surface area contributed by atoms with Gasteiger partial charge in [-0.1, -0.05) is 0 Å². The van der Waals surface area contributed by atoms with Crippen LogP contribution in [0.2, 0.25) is 0 Å². The zero-order valence-electron chi connectivity index (χ0n) is 14.4. The van der Waals surface area contributed by atoms with Gasteiger partial charge in [-0.25, -0.2) is 15.0 Å². The van der Waals surface area contributed by atoms with Gasteiger partial charge >= 0.3 is 0 Å². The van der Waals surface area contributed by atoms with E-state index in [0.29, 0.717) is 36.4 Å². The Labute approximate surface area is 149 Å². The van der Waals surface area contributed by atoms with Crippen LogP contribution in [0.5, 0.6) is 0 Å². The number of imidazole rings is 1. The molecular formula is C15H23N7O4. The number of anilines is 1. The minimum Gasteiger partial charge on any atom is -0.388 e. The zero-order valence-corrected chi connectivity index (χ0v) is 14.4. The number of nitrogen functional groups attached to an aromatic ring is 1. The molecule has 1 aliphatic rings.